The molecule has 0 saturated carbocycles. The minimum absolute atomic E-state index is 0.117. The quantitative estimate of drug-likeness (QED) is 0.272. The molecule has 0 atom stereocenters. The van der Waals surface area contributed by atoms with E-state index < -0.39 is 23.4 Å². The average Bonchev–Trinajstić information content (AvgIpc) is 2.52. The van der Waals surface area contributed by atoms with Crippen molar-refractivity contribution in [3.63, 3.8) is 0 Å². The van der Waals surface area contributed by atoms with Gasteiger partial charge in [0.1, 0.15) is 5.60 Å². The highest BCUT2D eigenvalue weighted by Gasteiger charge is 2.23. The molecule has 0 radical (unpaired) electrons. The molecule has 1 N–H and O–H groups in total. The number of nitrogens with one attached hydrogen (secondary N) is 1. The molecular formula is C20H35NO5. The molecule has 0 aromatic heterocycles. The van der Waals surface area contributed by atoms with E-state index in [4.69, 9.17) is 4.74 Å². The van der Waals surface area contributed by atoms with Crippen molar-refractivity contribution in [2.45, 2.75) is 92.1 Å². The van der Waals surface area contributed by atoms with Crippen LogP contribution < -0.4 is 5.32 Å². The lowest BCUT2D eigenvalue weighted by atomic mass is 10.0. The molecule has 0 spiro atoms. The lowest BCUT2D eigenvalue weighted by Gasteiger charge is -2.22. The second-order valence-corrected chi connectivity index (χ2v) is 7.30. The standard InChI is InChI=1S/C20H35NO5/c1-7-9-10-11-12-13-14-16(18(23)26-20(4,5)6)15(3)21-17(22)19(24)25-8-2/h7-14H2,1-6H3,(H,21,22)/b16-15-. The van der Waals surface area contributed by atoms with E-state index in [1.54, 1.807) is 34.6 Å². The van der Waals surface area contributed by atoms with Crippen LogP contribution in [-0.2, 0) is 23.9 Å². The second kappa shape index (κ2) is 12.5. The Morgan fingerprint density at radius 1 is 0.885 bits per heavy atom. The van der Waals surface area contributed by atoms with Crippen LogP contribution in [0.2, 0.25) is 0 Å². The molecule has 0 saturated heterocycles. The van der Waals surface area contributed by atoms with Gasteiger partial charge in [0.15, 0.2) is 0 Å². The Balaban J connectivity index is 5.01. The number of hydrogen-bond acceptors (Lipinski definition) is 5. The van der Waals surface area contributed by atoms with Crippen LogP contribution in [0.15, 0.2) is 11.3 Å². The summed E-state index contributed by atoms with van der Waals surface area (Å²) in [5.74, 6) is -2.31. The number of unbranched alkanes of at least 4 members (excludes halogenated alkanes) is 5. The van der Waals surface area contributed by atoms with Gasteiger partial charge in [0, 0.05) is 5.70 Å². The first-order valence-electron chi connectivity index (χ1n) is 9.53. The van der Waals surface area contributed by atoms with E-state index in [9.17, 15) is 14.4 Å². The normalized spacial score (nSPS) is 12.2. The fourth-order valence-corrected chi connectivity index (χ4v) is 2.36. The lowest BCUT2D eigenvalue weighted by Crippen LogP contribution is -2.33. The van der Waals surface area contributed by atoms with Gasteiger partial charge in [0.2, 0.25) is 0 Å². The van der Waals surface area contributed by atoms with Crippen LogP contribution in [0.4, 0.5) is 0 Å². The monoisotopic (exact) mass is 369 g/mol. The highest BCUT2D eigenvalue weighted by molar-refractivity contribution is 6.32. The number of esters is 2. The summed E-state index contributed by atoms with van der Waals surface area (Å²) in [5.41, 5.74) is 0.105. The van der Waals surface area contributed by atoms with Gasteiger partial charge in [0.25, 0.3) is 0 Å². The molecule has 150 valence electrons. The van der Waals surface area contributed by atoms with Crippen molar-refractivity contribution in [1.29, 1.82) is 0 Å². The zero-order valence-electron chi connectivity index (χ0n) is 17.2. The Morgan fingerprint density at radius 3 is 2.00 bits per heavy atom. The van der Waals surface area contributed by atoms with E-state index in [0.717, 1.165) is 19.3 Å². The van der Waals surface area contributed by atoms with Crippen molar-refractivity contribution < 1.29 is 23.9 Å². The first kappa shape index (κ1) is 24.1. The smallest absolute Gasteiger partial charge is 0.397 e. The SMILES string of the molecule is CCCCCCCC/C(C(=O)OC(C)(C)C)=C(\C)NC(=O)C(=O)OCC. The second-order valence-electron chi connectivity index (χ2n) is 7.30. The van der Waals surface area contributed by atoms with Gasteiger partial charge in [-0.05, 0) is 47.5 Å². The molecule has 0 heterocycles. The molecule has 1 amide bonds. The summed E-state index contributed by atoms with van der Waals surface area (Å²) >= 11 is 0. The summed E-state index contributed by atoms with van der Waals surface area (Å²) in [6.45, 7) is 10.9. The number of rotatable bonds is 10. The maximum absolute atomic E-state index is 12.5. The van der Waals surface area contributed by atoms with Gasteiger partial charge in [-0.1, -0.05) is 39.0 Å². The number of carbonyl (C=O) groups is 3. The number of hydrogen-bond donors (Lipinski definition) is 1. The molecule has 0 aliphatic rings. The predicted molar refractivity (Wildman–Crippen MR) is 101 cm³/mol. The fourth-order valence-electron chi connectivity index (χ4n) is 2.36. The minimum Gasteiger partial charge on any atom is -0.459 e. The molecule has 0 aliphatic heterocycles. The molecule has 0 fully saturated rings. The predicted octanol–water partition coefficient (Wildman–Crippen LogP) is 4.03. The Labute approximate surface area is 157 Å². The Hall–Kier alpha value is -1.85. The maximum atomic E-state index is 12.5. The summed E-state index contributed by atoms with van der Waals surface area (Å²) in [7, 11) is 0. The molecule has 26 heavy (non-hydrogen) atoms. The summed E-state index contributed by atoms with van der Waals surface area (Å²) in [4.78, 5) is 35.8. The fraction of sp³-hybridized carbons (Fsp3) is 0.750. The van der Waals surface area contributed by atoms with Gasteiger partial charge < -0.3 is 14.8 Å². The van der Waals surface area contributed by atoms with Crippen LogP contribution in [0, 0.1) is 0 Å². The van der Waals surface area contributed by atoms with Crippen LogP contribution >= 0.6 is 0 Å². The van der Waals surface area contributed by atoms with Crippen LogP contribution in [0.5, 0.6) is 0 Å². The highest BCUT2D eigenvalue weighted by atomic mass is 16.6. The molecule has 6 nitrogen and oxygen atoms in total. The topological polar surface area (TPSA) is 81.7 Å². The molecule has 0 rings (SSSR count). The minimum atomic E-state index is -0.963. The Bertz CT molecular complexity index is 503. The van der Waals surface area contributed by atoms with E-state index in [-0.39, 0.29) is 6.61 Å². The largest absolute Gasteiger partial charge is 0.459 e. The lowest BCUT2D eigenvalue weighted by molar-refractivity contribution is -0.154. The summed E-state index contributed by atoms with van der Waals surface area (Å²) in [5, 5.41) is 2.46. The van der Waals surface area contributed by atoms with Gasteiger partial charge in [-0.3, -0.25) is 4.79 Å². The van der Waals surface area contributed by atoms with Crippen molar-refractivity contribution in [1.82, 2.24) is 5.32 Å². The molecule has 0 aromatic carbocycles. The third kappa shape index (κ3) is 10.9. The number of allylic oxidation sites excluding steroid dienone is 1. The molecular weight excluding hydrogens is 334 g/mol. The van der Waals surface area contributed by atoms with Crippen molar-refractivity contribution >= 4 is 17.8 Å². The van der Waals surface area contributed by atoms with Gasteiger partial charge in [-0.25, -0.2) is 9.59 Å². The van der Waals surface area contributed by atoms with E-state index in [1.807, 2.05) is 0 Å². The van der Waals surface area contributed by atoms with E-state index in [1.165, 1.54) is 19.3 Å². The van der Waals surface area contributed by atoms with Crippen molar-refractivity contribution in [3.05, 3.63) is 11.3 Å². The zero-order valence-corrected chi connectivity index (χ0v) is 17.2. The molecule has 0 aliphatic carbocycles. The maximum Gasteiger partial charge on any atom is 0.397 e. The number of ether oxygens (including phenoxy) is 2. The first-order valence-corrected chi connectivity index (χ1v) is 9.53. The van der Waals surface area contributed by atoms with Crippen molar-refractivity contribution in [2.24, 2.45) is 0 Å². The van der Waals surface area contributed by atoms with E-state index >= 15 is 0 Å². The number of amides is 1. The molecule has 0 aromatic rings. The van der Waals surface area contributed by atoms with E-state index in [0.29, 0.717) is 17.7 Å². The average molecular weight is 370 g/mol. The first-order chi connectivity index (χ1) is 12.1. The third-order valence-electron chi connectivity index (χ3n) is 3.64. The number of carbonyl (C=O) groups excluding carboxylic acids is 3. The van der Waals surface area contributed by atoms with Crippen molar-refractivity contribution in [3.8, 4) is 0 Å². The molecule has 0 unspecified atom stereocenters. The van der Waals surface area contributed by atoms with Crippen molar-refractivity contribution in [2.75, 3.05) is 6.61 Å². The Morgan fingerprint density at radius 2 is 1.46 bits per heavy atom. The zero-order chi connectivity index (χ0) is 20.2. The molecule has 0 bridgehead atoms. The van der Waals surface area contributed by atoms with Gasteiger partial charge in [-0.2, -0.15) is 0 Å². The van der Waals surface area contributed by atoms with Crippen LogP contribution in [-0.4, -0.2) is 30.1 Å². The Kier molecular flexibility index (Phi) is 11.6. The van der Waals surface area contributed by atoms with Crippen LogP contribution in [0.1, 0.15) is 86.5 Å². The third-order valence-corrected chi connectivity index (χ3v) is 3.64. The summed E-state index contributed by atoms with van der Waals surface area (Å²) in [6.07, 6.45) is 7.02. The highest BCUT2D eigenvalue weighted by Crippen LogP contribution is 2.19. The van der Waals surface area contributed by atoms with E-state index in [2.05, 4.69) is 17.0 Å². The summed E-state index contributed by atoms with van der Waals surface area (Å²) < 4.78 is 10.1. The van der Waals surface area contributed by atoms with Crippen LogP contribution in [0.25, 0.3) is 0 Å². The van der Waals surface area contributed by atoms with Gasteiger partial charge in [-0.15, -0.1) is 0 Å². The van der Waals surface area contributed by atoms with Gasteiger partial charge >= 0.3 is 17.8 Å². The summed E-state index contributed by atoms with van der Waals surface area (Å²) in [6, 6.07) is 0. The molecule has 6 heteroatoms. The van der Waals surface area contributed by atoms with Crippen LogP contribution in [0.3, 0.4) is 0 Å². The van der Waals surface area contributed by atoms with Gasteiger partial charge in [0.05, 0.1) is 12.2 Å².